The molecule has 0 aliphatic heterocycles. The predicted molar refractivity (Wildman–Crippen MR) is 77.9 cm³/mol. The predicted octanol–water partition coefficient (Wildman–Crippen LogP) is 3.25. The standard InChI is InChI=1S/C14H12BrN3O/c15-9-5-7-10(8-6-9)16-14(19)13-11-3-1-2-4-12(11)17-18-13/h1-5,7H,6,8H2,(H,16,19)(H,17,18). The minimum Gasteiger partial charge on any atom is -0.324 e. The number of aromatic amines is 1. The maximum Gasteiger partial charge on any atom is 0.276 e. The summed E-state index contributed by atoms with van der Waals surface area (Å²) in [5.74, 6) is -0.171. The second-order valence-electron chi connectivity index (χ2n) is 4.38. The Labute approximate surface area is 118 Å². The zero-order chi connectivity index (χ0) is 13.2. The second kappa shape index (κ2) is 5.01. The van der Waals surface area contributed by atoms with Crippen LogP contribution in [0.1, 0.15) is 23.3 Å². The molecule has 5 heteroatoms. The van der Waals surface area contributed by atoms with Crippen molar-refractivity contribution in [2.45, 2.75) is 12.8 Å². The lowest BCUT2D eigenvalue weighted by Gasteiger charge is -2.11. The molecule has 0 spiro atoms. The average molecular weight is 318 g/mol. The van der Waals surface area contributed by atoms with Crippen molar-refractivity contribution < 1.29 is 4.79 Å². The molecule has 4 nitrogen and oxygen atoms in total. The van der Waals surface area contributed by atoms with E-state index in [2.05, 4.69) is 31.4 Å². The van der Waals surface area contributed by atoms with Crippen LogP contribution in [0.5, 0.6) is 0 Å². The summed E-state index contributed by atoms with van der Waals surface area (Å²) >= 11 is 3.44. The molecule has 1 aliphatic carbocycles. The third kappa shape index (κ3) is 2.46. The minimum absolute atomic E-state index is 0.171. The summed E-state index contributed by atoms with van der Waals surface area (Å²) in [6, 6.07) is 7.60. The first-order chi connectivity index (χ1) is 9.24. The Kier molecular flexibility index (Phi) is 3.21. The lowest BCUT2D eigenvalue weighted by Crippen LogP contribution is -2.24. The number of hydrogen-bond acceptors (Lipinski definition) is 2. The van der Waals surface area contributed by atoms with Crippen LogP contribution in [0.4, 0.5) is 0 Å². The Bertz CT molecular complexity index is 700. The van der Waals surface area contributed by atoms with Crippen molar-refractivity contribution in [1.29, 1.82) is 0 Å². The molecule has 3 rings (SSSR count). The van der Waals surface area contributed by atoms with Crippen molar-refractivity contribution in [1.82, 2.24) is 15.5 Å². The molecule has 0 unspecified atom stereocenters. The van der Waals surface area contributed by atoms with E-state index in [1.807, 2.05) is 36.4 Å². The van der Waals surface area contributed by atoms with Crippen LogP contribution in [0.25, 0.3) is 10.9 Å². The Morgan fingerprint density at radius 1 is 1.26 bits per heavy atom. The zero-order valence-electron chi connectivity index (χ0n) is 10.1. The van der Waals surface area contributed by atoms with E-state index in [0.29, 0.717) is 5.69 Å². The number of halogens is 1. The van der Waals surface area contributed by atoms with E-state index < -0.39 is 0 Å². The maximum absolute atomic E-state index is 12.2. The van der Waals surface area contributed by atoms with Gasteiger partial charge in [-0.15, -0.1) is 0 Å². The van der Waals surface area contributed by atoms with Gasteiger partial charge in [0.25, 0.3) is 5.91 Å². The number of para-hydroxylation sites is 1. The fourth-order valence-electron chi connectivity index (χ4n) is 2.06. The molecule has 0 saturated carbocycles. The molecule has 1 heterocycles. The van der Waals surface area contributed by atoms with Crippen LogP contribution in [-0.4, -0.2) is 16.1 Å². The summed E-state index contributed by atoms with van der Waals surface area (Å²) in [5, 5.41) is 10.7. The summed E-state index contributed by atoms with van der Waals surface area (Å²) in [6.45, 7) is 0. The number of H-pyrrole nitrogens is 1. The number of nitrogens with one attached hydrogen (secondary N) is 2. The van der Waals surface area contributed by atoms with E-state index in [4.69, 9.17) is 0 Å². The van der Waals surface area contributed by atoms with Crippen LogP contribution in [0.2, 0.25) is 0 Å². The number of benzene rings is 1. The molecule has 2 N–H and O–H groups in total. The summed E-state index contributed by atoms with van der Waals surface area (Å²) < 4.78 is 1.15. The zero-order valence-corrected chi connectivity index (χ0v) is 11.7. The molecule has 2 aromatic rings. The summed E-state index contributed by atoms with van der Waals surface area (Å²) in [4.78, 5) is 12.2. The minimum atomic E-state index is -0.171. The summed E-state index contributed by atoms with van der Waals surface area (Å²) in [6.07, 6.45) is 5.61. The first-order valence-electron chi connectivity index (χ1n) is 6.04. The highest BCUT2D eigenvalue weighted by Gasteiger charge is 2.15. The molecule has 1 aromatic carbocycles. The molecule has 1 aromatic heterocycles. The lowest BCUT2D eigenvalue weighted by molar-refractivity contribution is 0.0961. The molecular weight excluding hydrogens is 306 g/mol. The molecule has 19 heavy (non-hydrogen) atoms. The van der Waals surface area contributed by atoms with E-state index in [1.54, 1.807) is 0 Å². The van der Waals surface area contributed by atoms with E-state index in [-0.39, 0.29) is 5.91 Å². The monoisotopic (exact) mass is 317 g/mol. The molecule has 0 bridgehead atoms. The molecule has 0 fully saturated rings. The van der Waals surface area contributed by atoms with Crippen LogP contribution < -0.4 is 5.32 Å². The highest BCUT2D eigenvalue weighted by atomic mass is 79.9. The van der Waals surface area contributed by atoms with Gasteiger partial charge >= 0.3 is 0 Å². The van der Waals surface area contributed by atoms with Gasteiger partial charge in [0.15, 0.2) is 5.69 Å². The van der Waals surface area contributed by atoms with Crippen molar-refractivity contribution in [2.75, 3.05) is 0 Å². The SMILES string of the molecule is O=C(NC1=CC=C(Br)CC1)c1n[nH]c2ccccc12. The van der Waals surface area contributed by atoms with Gasteiger partial charge in [0, 0.05) is 11.1 Å². The van der Waals surface area contributed by atoms with Crippen molar-refractivity contribution in [3.8, 4) is 0 Å². The third-order valence-corrected chi connectivity index (χ3v) is 3.72. The van der Waals surface area contributed by atoms with E-state index >= 15 is 0 Å². The second-order valence-corrected chi connectivity index (χ2v) is 5.40. The number of aromatic nitrogens is 2. The van der Waals surface area contributed by atoms with Crippen molar-refractivity contribution >= 4 is 32.7 Å². The first kappa shape index (κ1) is 12.2. The smallest absolute Gasteiger partial charge is 0.276 e. The number of nitrogens with zero attached hydrogens (tertiary/aromatic N) is 1. The number of carbonyl (C=O) groups excluding carboxylic acids is 1. The average Bonchev–Trinajstić information content (AvgIpc) is 2.85. The number of rotatable bonds is 2. The van der Waals surface area contributed by atoms with Gasteiger partial charge in [-0.05, 0) is 29.5 Å². The Morgan fingerprint density at radius 3 is 2.89 bits per heavy atom. The first-order valence-corrected chi connectivity index (χ1v) is 6.83. The molecule has 0 radical (unpaired) electrons. The van der Waals surface area contributed by atoms with Gasteiger partial charge in [0.1, 0.15) is 0 Å². The van der Waals surface area contributed by atoms with Gasteiger partial charge in [-0.2, -0.15) is 5.10 Å². The van der Waals surface area contributed by atoms with Crippen LogP contribution in [-0.2, 0) is 0 Å². The highest BCUT2D eigenvalue weighted by molar-refractivity contribution is 9.11. The van der Waals surface area contributed by atoms with Crippen molar-refractivity contribution in [3.05, 3.63) is 52.3 Å². The Morgan fingerprint density at radius 2 is 2.11 bits per heavy atom. The van der Waals surface area contributed by atoms with Crippen molar-refractivity contribution in [2.24, 2.45) is 0 Å². The van der Waals surface area contributed by atoms with Gasteiger partial charge in [0.2, 0.25) is 0 Å². The van der Waals surface area contributed by atoms with Crippen LogP contribution in [0.15, 0.2) is 46.6 Å². The number of carbonyl (C=O) groups is 1. The van der Waals surface area contributed by atoms with Gasteiger partial charge < -0.3 is 5.32 Å². The molecule has 1 aliphatic rings. The van der Waals surface area contributed by atoms with Crippen LogP contribution >= 0.6 is 15.9 Å². The number of fused-ring (bicyclic) bond motifs is 1. The molecule has 1 amide bonds. The maximum atomic E-state index is 12.2. The lowest BCUT2D eigenvalue weighted by atomic mass is 10.1. The largest absolute Gasteiger partial charge is 0.324 e. The van der Waals surface area contributed by atoms with Crippen LogP contribution in [0, 0.1) is 0 Å². The Balaban J connectivity index is 1.85. The van der Waals surface area contributed by atoms with Gasteiger partial charge in [0.05, 0.1) is 5.52 Å². The molecular formula is C14H12BrN3O. The van der Waals surface area contributed by atoms with E-state index in [9.17, 15) is 4.79 Å². The number of hydrogen-bond donors (Lipinski definition) is 2. The highest BCUT2D eigenvalue weighted by Crippen LogP contribution is 2.22. The number of amides is 1. The van der Waals surface area contributed by atoms with Crippen molar-refractivity contribution in [3.63, 3.8) is 0 Å². The van der Waals surface area contributed by atoms with E-state index in [1.165, 1.54) is 0 Å². The Hall–Kier alpha value is -1.88. The fourth-order valence-corrected chi connectivity index (χ4v) is 2.39. The summed E-state index contributed by atoms with van der Waals surface area (Å²) in [5.41, 5.74) is 2.22. The third-order valence-electron chi connectivity index (χ3n) is 3.06. The summed E-state index contributed by atoms with van der Waals surface area (Å²) in [7, 11) is 0. The quantitative estimate of drug-likeness (QED) is 0.893. The topological polar surface area (TPSA) is 57.8 Å². The fraction of sp³-hybridized carbons (Fsp3) is 0.143. The molecule has 0 atom stereocenters. The van der Waals surface area contributed by atoms with Gasteiger partial charge in [-0.25, -0.2) is 0 Å². The molecule has 0 saturated heterocycles. The normalized spacial score (nSPS) is 15.0. The van der Waals surface area contributed by atoms with Gasteiger partial charge in [-0.3, -0.25) is 9.89 Å². The number of allylic oxidation sites excluding steroid dienone is 4. The van der Waals surface area contributed by atoms with E-state index in [0.717, 1.165) is 33.9 Å². The molecule has 96 valence electrons. The van der Waals surface area contributed by atoms with Gasteiger partial charge in [-0.1, -0.05) is 40.2 Å². The van der Waals surface area contributed by atoms with Crippen LogP contribution in [0.3, 0.4) is 0 Å².